The van der Waals surface area contributed by atoms with Gasteiger partial charge in [0.1, 0.15) is 24.0 Å². The highest BCUT2D eigenvalue weighted by Gasteiger charge is 2.25. The summed E-state index contributed by atoms with van der Waals surface area (Å²) in [4.78, 5) is 43.7. The van der Waals surface area contributed by atoms with Gasteiger partial charge in [-0.1, -0.05) is 35.9 Å². The van der Waals surface area contributed by atoms with Crippen molar-refractivity contribution in [3.63, 3.8) is 0 Å². The van der Waals surface area contributed by atoms with Crippen molar-refractivity contribution in [3.8, 4) is 0 Å². The number of carbonyl (C=O) groups is 3. The molecule has 14 heteroatoms. The molecular weight excluding hydrogens is 733 g/mol. The molecule has 0 aliphatic rings. The van der Waals surface area contributed by atoms with E-state index in [0.717, 1.165) is 43.9 Å². The molecule has 0 saturated heterocycles. The summed E-state index contributed by atoms with van der Waals surface area (Å²) in [6.45, 7) is 12.7. The summed E-state index contributed by atoms with van der Waals surface area (Å²) >= 11 is 18.9. The number of para-hydroxylation sites is 1. The summed E-state index contributed by atoms with van der Waals surface area (Å²) in [7, 11) is 1.63. The number of carboxylic acids is 1. The Morgan fingerprint density at radius 3 is 2.16 bits per heavy atom. The average molecular weight is 775 g/mol. The minimum absolute atomic E-state index is 0.0111. The first-order valence-corrected chi connectivity index (χ1v) is 18.2. The van der Waals surface area contributed by atoms with Crippen LogP contribution in [0, 0.1) is 34.6 Å². The Morgan fingerprint density at radius 2 is 1.63 bits per heavy atom. The standard InChI is InChI=1S/C14H16ClN3O.C12H18ClNO2S.C11H8ClNO2/c1-11-5-3-6-12(2)14(11)18(13(19)9-15)10-17-8-4-7-16-17;1-8-7-17-10(3)12(8)14(11(15)5-13)9(2)6-16-4;1-6-4-7-2-3-8(12)9(11(14)15)10(7)13-5-6/h3-8H,9-10H2,1-2H3;7,9H,5-6H2,1-4H3;2-5H,1H3,(H,14,15)/t;9-;/m.0./s1. The number of rotatable bonds is 10. The summed E-state index contributed by atoms with van der Waals surface area (Å²) in [5.41, 5.74) is 6.56. The van der Waals surface area contributed by atoms with Gasteiger partial charge in [0.25, 0.3) is 0 Å². The SMILES string of the molecule is COC[C@H](C)N(C(=O)CCl)c1c(C)csc1C.Cc1cccc(C)c1N(Cn1cccn1)C(=O)CCl.Cc1cnc2c(C(=O)O)c(Cl)ccc2c1. The van der Waals surface area contributed by atoms with Gasteiger partial charge in [-0.25, -0.2) is 4.79 Å². The van der Waals surface area contributed by atoms with E-state index in [-0.39, 0.29) is 40.2 Å². The second-order valence-electron chi connectivity index (χ2n) is 11.7. The number of halogens is 3. The number of anilines is 2. The zero-order chi connectivity index (χ0) is 37.8. The summed E-state index contributed by atoms with van der Waals surface area (Å²) in [6.07, 6.45) is 5.14. The Bertz CT molecular complexity index is 1910. The number of methoxy groups -OCH3 is 1. The molecule has 5 rings (SSSR count). The van der Waals surface area contributed by atoms with Crippen LogP contribution in [0.5, 0.6) is 0 Å². The van der Waals surface area contributed by atoms with Crippen LogP contribution < -0.4 is 9.80 Å². The zero-order valence-corrected chi connectivity index (χ0v) is 32.7. The minimum atomic E-state index is -1.05. The third-order valence-electron chi connectivity index (χ3n) is 7.71. The molecule has 1 atom stereocenters. The number of aromatic nitrogens is 3. The fourth-order valence-electron chi connectivity index (χ4n) is 5.49. The van der Waals surface area contributed by atoms with Crippen molar-refractivity contribution in [2.24, 2.45) is 0 Å². The van der Waals surface area contributed by atoms with Crippen LogP contribution in [0.15, 0.2) is 66.4 Å². The van der Waals surface area contributed by atoms with E-state index >= 15 is 0 Å². The van der Waals surface area contributed by atoms with E-state index < -0.39 is 5.97 Å². The number of alkyl halides is 2. The topological polar surface area (TPSA) is 118 Å². The van der Waals surface area contributed by atoms with Gasteiger partial charge in [0.15, 0.2) is 0 Å². The highest BCUT2D eigenvalue weighted by Crippen LogP contribution is 2.32. The molecule has 0 unspecified atom stereocenters. The highest BCUT2D eigenvalue weighted by molar-refractivity contribution is 7.10. The molecule has 0 saturated carbocycles. The first kappa shape index (κ1) is 41.4. The Balaban J connectivity index is 0.000000208. The molecule has 5 aromatic rings. The van der Waals surface area contributed by atoms with E-state index in [2.05, 4.69) is 15.5 Å². The Morgan fingerprint density at radius 1 is 0.961 bits per heavy atom. The third-order valence-corrected chi connectivity index (χ3v) is 9.51. The van der Waals surface area contributed by atoms with Crippen LogP contribution >= 0.6 is 46.1 Å². The summed E-state index contributed by atoms with van der Waals surface area (Å²) in [6, 6.07) is 13.0. The second-order valence-corrected chi connectivity index (χ2v) is 13.7. The number of carboxylic acid groups (broad SMARTS) is 1. The normalized spacial score (nSPS) is 11.2. The van der Waals surface area contributed by atoms with Crippen molar-refractivity contribution in [1.82, 2.24) is 14.8 Å². The quantitative estimate of drug-likeness (QED) is 0.141. The van der Waals surface area contributed by atoms with Gasteiger partial charge >= 0.3 is 5.97 Å². The Hall–Kier alpha value is -4.00. The number of hydrogen-bond acceptors (Lipinski definition) is 7. The lowest BCUT2D eigenvalue weighted by molar-refractivity contribution is -0.117. The predicted octanol–water partition coefficient (Wildman–Crippen LogP) is 8.60. The molecule has 1 N–H and O–H groups in total. The second kappa shape index (κ2) is 19.6. The van der Waals surface area contributed by atoms with Crippen LogP contribution in [0.2, 0.25) is 5.02 Å². The van der Waals surface area contributed by atoms with Gasteiger partial charge < -0.3 is 14.7 Å². The Kier molecular flexibility index (Phi) is 15.9. The molecule has 51 heavy (non-hydrogen) atoms. The molecule has 2 amide bonds. The molecule has 3 aromatic heterocycles. The molecular formula is C37H42Cl3N5O5S. The van der Waals surface area contributed by atoms with Gasteiger partial charge in [-0.3, -0.25) is 24.2 Å². The molecule has 3 heterocycles. The molecule has 0 bridgehead atoms. The molecule has 0 spiro atoms. The van der Waals surface area contributed by atoms with E-state index in [0.29, 0.717) is 18.8 Å². The maximum atomic E-state index is 12.1. The largest absolute Gasteiger partial charge is 0.478 e. The first-order chi connectivity index (χ1) is 24.2. The summed E-state index contributed by atoms with van der Waals surface area (Å²) < 4.78 is 6.83. The summed E-state index contributed by atoms with van der Waals surface area (Å²) in [5, 5.41) is 16.2. The number of aryl methyl sites for hydroxylation is 5. The van der Waals surface area contributed by atoms with Gasteiger partial charge in [-0.05, 0) is 87.4 Å². The van der Waals surface area contributed by atoms with E-state index in [1.54, 1.807) is 57.5 Å². The maximum Gasteiger partial charge on any atom is 0.339 e. The van der Waals surface area contributed by atoms with E-state index in [1.807, 2.05) is 78.1 Å². The van der Waals surface area contributed by atoms with Gasteiger partial charge in [0.2, 0.25) is 11.8 Å². The van der Waals surface area contributed by atoms with Crippen molar-refractivity contribution in [3.05, 3.63) is 104 Å². The molecule has 272 valence electrons. The monoisotopic (exact) mass is 773 g/mol. The van der Waals surface area contributed by atoms with Crippen LogP contribution in [-0.4, -0.2) is 69.2 Å². The molecule has 0 aliphatic carbocycles. The van der Waals surface area contributed by atoms with Crippen molar-refractivity contribution < 1.29 is 24.2 Å². The van der Waals surface area contributed by atoms with Crippen LogP contribution in [0.25, 0.3) is 10.9 Å². The molecule has 10 nitrogen and oxygen atoms in total. The van der Waals surface area contributed by atoms with Crippen molar-refractivity contribution >= 4 is 86.2 Å². The highest BCUT2D eigenvalue weighted by atomic mass is 35.5. The fraction of sp³-hybridized carbons (Fsp3) is 0.324. The number of thiophene rings is 1. The summed E-state index contributed by atoms with van der Waals surface area (Å²) in [5.74, 6) is -1.32. The number of benzene rings is 2. The smallest absolute Gasteiger partial charge is 0.339 e. The predicted molar refractivity (Wildman–Crippen MR) is 208 cm³/mol. The van der Waals surface area contributed by atoms with Crippen LogP contribution in [0.4, 0.5) is 11.4 Å². The maximum absolute atomic E-state index is 12.1. The van der Waals surface area contributed by atoms with E-state index in [1.165, 1.54) is 0 Å². The lowest BCUT2D eigenvalue weighted by atomic mass is 10.1. The van der Waals surface area contributed by atoms with Crippen molar-refractivity contribution in [1.29, 1.82) is 0 Å². The third kappa shape index (κ3) is 10.8. The van der Waals surface area contributed by atoms with Gasteiger partial charge in [-0.2, -0.15) is 5.10 Å². The molecule has 0 fully saturated rings. The van der Waals surface area contributed by atoms with Crippen molar-refractivity contribution in [2.75, 3.05) is 35.3 Å². The number of hydrogen-bond donors (Lipinski definition) is 1. The van der Waals surface area contributed by atoms with Crippen molar-refractivity contribution in [2.45, 2.75) is 54.3 Å². The van der Waals surface area contributed by atoms with Gasteiger partial charge in [0.05, 0.1) is 34.6 Å². The lowest BCUT2D eigenvalue weighted by Gasteiger charge is -2.29. The molecule has 0 aliphatic heterocycles. The first-order valence-electron chi connectivity index (χ1n) is 15.8. The number of fused-ring (bicyclic) bond motifs is 1. The number of aromatic carboxylic acids is 1. The lowest BCUT2D eigenvalue weighted by Crippen LogP contribution is -2.42. The number of amides is 2. The van der Waals surface area contributed by atoms with Gasteiger partial charge in [-0.15, -0.1) is 34.5 Å². The number of carbonyl (C=O) groups excluding carboxylic acids is 2. The minimum Gasteiger partial charge on any atom is -0.478 e. The van der Waals surface area contributed by atoms with Crippen LogP contribution in [0.3, 0.4) is 0 Å². The molecule has 2 aromatic carbocycles. The van der Waals surface area contributed by atoms with E-state index in [9.17, 15) is 14.4 Å². The fourth-order valence-corrected chi connectivity index (χ4v) is 6.84. The van der Waals surface area contributed by atoms with Crippen LogP contribution in [-0.2, 0) is 21.0 Å². The van der Waals surface area contributed by atoms with E-state index in [4.69, 9.17) is 44.6 Å². The van der Waals surface area contributed by atoms with Gasteiger partial charge in [0, 0.05) is 36.0 Å². The average Bonchev–Trinajstić information content (AvgIpc) is 3.73. The number of pyridine rings is 1. The zero-order valence-electron chi connectivity index (χ0n) is 29.6. The molecule has 0 radical (unpaired) electrons. The number of ether oxygens (including phenoxy) is 1. The Labute approximate surface area is 317 Å². The number of nitrogens with zero attached hydrogens (tertiary/aromatic N) is 5. The van der Waals surface area contributed by atoms with Crippen LogP contribution in [0.1, 0.15) is 44.4 Å².